The lowest BCUT2D eigenvalue weighted by atomic mass is 10.2. The molecule has 0 amide bonds. The van der Waals surface area contributed by atoms with Crippen LogP contribution in [0.15, 0.2) is 29.4 Å². The molecule has 24 heavy (non-hydrogen) atoms. The molecule has 1 aromatic rings. The van der Waals surface area contributed by atoms with E-state index in [1.54, 1.807) is 19.2 Å². The maximum atomic E-state index is 12.0. The zero-order valence-electron chi connectivity index (χ0n) is 15.4. The number of carbonyl (C=O) groups excluding carboxylic acids is 1. The van der Waals surface area contributed by atoms with E-state index in [2.05, 4.69) is 38.8 Å². The number of aromatic nitrogens is 1. The van der Waals surface area contributed by atoms with Crippen molar-refractivity contribution in [2.45, 2.75) is 58.4 Å². The van der Waals surface area contributed by atoms with Gasteiger partial charge in [-0.1, -0.05) is 38.4 Å². The van der Waals surface area contributed by atoms with E-state index in [0.717, 1.165) is 5.69 Å². The Morgan fingerprint density at radius 1 is 1.38 bits per heavy atom. The molecule has 1 rings (SSSR count). The highest BCUT2D eigenvalue weighted by Crippen LogP contribution is 2.39. The van der Waals surface area contributed by atoms with E-state index in [1.807, 2.05) is 18.2 Å². The van der Waals surface area contributed by atoms with Crippen molar-refractivity contribution in [2.24, 2.45) is 0 Å². The predicted molar refractivity (Wildman–Crippen MR) is 101 cm³/mol. The number of rotatable bonds is 7. The second kappa shape index (κ2) is 8.79. The molecule has 0 aliphatic rings. The van der Waals surface area contributed by atoms with Gasteiger partial charge in [-0.2, -0.15) is 0 Å². The molecule has 0 aromatic carbocycles. The summed E-state index contributed by atoms with van der Waals surface area (Å²) in [4.78, 5) is 16.2. The smallest absolute Gasteiger partial charge is 0.308 e. The van der Waals surface area contributed by atoms with Crippen molar-refractivity contribution in [1.82, 2.24) is 4.98 Å². The fraction of sp³-hybridized carbons (Fsp3) is 0.556. The van der Waals surface area contributed by atoms with Crippen LogP contribution in [-0.2, 0) is 14.0 Å². The summed E-state index contributed by atoms with van der Waals surface area (Å²) in [5.74, 6) is -0.311. The molecule has 0 aliphatic carbocycles. The first-order valence-electron chi connectivity index (χ1n) is 8.18. The molecule has 1 atom stereocenters. The monoisotopic (exact) mass is 369 g/mol. The SMILES string of the molecule is CCOC(=O)C[C@H](O[Si](C)(C)C(C)(C)C)C(Cl)=Cc1ccccn1. The molecule has 0 radical (unpaired) electrons. The lowest BCUT2D eigenvalue weighted by Gasteiger charge is -2.39. The number of nitrogens with zero attached hydrogens (tertiary/aromatic N) is 1. The summed E-state index contributed by atoms with van der Waals surface area (Å²) in [6.07, 6.45) is 3.03. The first-order chi connectivity index (χ1) is 11.1. The number of halogens is 1. The van der Waals surface area contributed by atoms with E-state index in [4.69, 9.17) is 20.8 Å². The fourth-order valence-electron chi connectivity index (χ4n) is 1.79. The topological polar surface area (TPSA) is 48.4 Å². The van der Waals surface area contributed by atoms with Gasteiger partial charge in [-0.05, 0) is 43.3 Å². The largest absolute Gasteiger partial charge is 0.466 e. The zero-order chi connectivity index (χ0) is 18.4. The van der Waals surface area contributed by atoms with Crippen molar-refractivity contribution in [3.8, 4) is 0 Å². The van der Waals surface area contributed by atoms with Gasteiger partial charge in [0.25, 0.3) is 0 Å². The second-order valence-electron chi connectivity index (χ2n) is 7.16. The van der Waals surface area contributed by atoms with Gasteiger partial charge < -0.3 is 9.16 Å². The van der Waals surface area contributed by atoms with Crippen LogP contribution in [-0.4, -0.2) is 32.0 Å². The third-order valence-electron chi connectivity index (χ3n) is 4.18. The van der Waals surface area contributed by atoms with Crippen LogP contribution in [0.4, 0.5) is 0 Å². The number of ether oxygens (including phenoxy) is 1. The average Bonchev–Trinajstić information content (AvgIpc) is 2.46. The Morgan fingerprint density at radius 3 is 2.54 bits per heavy atom. The Hall–Kier alpha value is -1.17. The molecule has 0 fully saturated rings. The van der Waals surface area contributed by atoms with Gasteiger partial charge >= 0.3 is 5.97 Å². The number of carbonyl (C=O) groups is 1. The average molecular weight is 370 g/mol. The van der Waals surface area contributed by atoms with Gasteiger partial charge in [-0.3, -0.25) is 9.78 Å². The molecule has 0 N–H and O–H groups in total. The van der Waals surface area contributed by atoms with Gasteiger partial charge in [0.15, 0.2) is 8.32 Å². The maximum Gasteiger partial charge on any atom is 0.308 e. The first-order valence-corrected chi connectivity index (χ1v) is 11.5. The quantitative estimate of drug-likeness (QED) is 0.501. The summed E-state index contributed by atoms with van der Waals surface area (Å²) in [5, 5.41) is 0.480. The summed E-state index contributed by atoms with van der Waals surface area (Å²) in [6, 6.07) is 5.58. The van der Waals surface area contributed by atoms with Crippen LogP contribution in [0.5, 0.6) is 0 Å². The summed E-state index contributed by atoms with van der Waals surface area (Å²) in [7, 11) is -2.09. The van der Waals surface area contributed by atoms with Crippen molar-refractivity contribution >= 4 is 32.0 Å². The minimum atomic E-state index is -2.09. The molecule has 0 saturated heterocycles. The van der Waals surface area contributed by atoms with Crippen molar-refractivity contribution in [1.29, 1.82) is 0 Å². The highest BCUT2D eigenvalue weighted by Gasteiger charge is 2.40. The van der Waals surface area contributed by atoms with E-state index < -0.39 is 14.4 Å². The van der Waals surface area contributed by atoms with Gasteiger partial charge in [0.05, 0.1) is 24.8 Å². The summed E-state index contributed by atoms with van der Waals surface area (Å²) >= 11 is 6.49. The minimum Gasteiger partial charge on any atom is -0.466 e. The molecule has 0 unspecified atom stereocenters. The third kappa shape index (κ3) is 6.38. The van der Waals surface area contributed by atoms with Crippen LogP contribution in [0.2, 0.25) is 18.1 Å². The van der Waals surface area contributed by atoms with Crippen LogP contribution in [0.1, 0.15) is 39.8 Å². The van der Waals surface area contributed by atoms with Crippen molar-refractivity contribution in [3.05, 3.63) is 35.1 Å². The standard InChI is InChI=1S/C18H28ClNO3Si/c1-7-22-17(21)13-16(23-24(5,6)18(2,3)4)15(19)12-14-10-8-9-11-20-14/h8-12,16H,7,13H2,1-6H3/t16-/m0/s1. The molecular formula is C18H28ClNO3Si. The van der Waals surface area contributed by atoms with E-state index in [1.165, 1.54) is 0 Å². The van der Waals surface area contributed by atoms with E-state index in [-0.39, 0.29) is 17.4 Å². The van der Waals surface area contributed by atoms with Gasteiger partial charge in [0, 0.05) is 11.2 Å². The van der Waals surface area contributed by atoms with Gasteiger partial charge in [0.2, 0.25) is 0 Å². The predicted octanol–water partition coefficient (Wildman–Crippen LogP) is 5.00. The lowest BCUT2D eigenvalue weighted by molar-refractivity contribution is -0.144. The molecule has 6 heteroatoms. The summed E-state index contributed by atoms with van der Waals surface area (Å²) in [6.45, 7) is 12.8. The molecule has 0 aliphatic heterocycles. The fourth-order valence-corrected chi connectivity index (χ4v) is 3.38. The normalized spacial score (nSPS) is 14.4. The Balaban J connectivity index is 3.04. The lowest BCUT2D eigenvalue weighted by Crippen LogP contribution is -2.44. The van der Waals surface area contributed by atoms with Crippen molar-refractivity contribution in [3.63, 3.8) is 0 Å². The van der Waals surface area contributed by atoms with Crippen LogP contribution in [0, 0.1) is 0 Å². The Morgan fingerprint density at radius 2 is 2.04 bits per heavy atom. The second-order valence-corrected chi connectivity index (χ2v) is 12.4. The molecule has 0 spiro atoms. The Bertz CT molecular complexity index is 567. The molecule has 1 heterocycles. The number of pyridine rings is 1. The summed E-state index contributed by atoms with van der Waals surface area (Å²) in [5.41, 5.74) is 0.732. The van der Waals surface area contributed by atoms with Crippen LogP contribution in [0.25, 0.3) is 6.08 Å². The van der Waals surface area contributed by atoms with Crippen LogP contribution >= 0.6 is 11.6 Å². The molecular weight excluding hydrogens is 342 g/mol. The molecule has 0 saturated carbocycles. The van der Waals surface area contributed by atoms with Crippen LogP contribution in [0.3, 0.4) is 0 Å². The molecule has 0 bridgehead atoms. The van der Waals surface area contributed by atoms with Gasteiger partial charge in [-0.25, -0.2) is 0 Å². The zero-order valence-corrected chi connectivity index (χ0v) is 17.2. The molecule has 134 valence electrons. The number of hydrogen-bond donors (Lipinski definition) is 0. The van der Waals surface area contributed by atoms with E-state index >= 15 is 0 Å². The highest BCUT2D eigenvalue weighted by atomic mass is 35.5. The molecule has 1 aromatic heterocycles. The maximum absolute atomic E-state index is 12.0. The Labute approximate surface area is 151 Å². The van der Waals surface area contributed by atoms with Crippen LogP contribution < -0.4 is 0 Å². The van der Waals surface area contributed by atoms with E-state index in [0.29, 0.717) is 11.6 Å². The van der Waals surface area contributed by atoms with E-state index in [9.17, 15) is 4.79 Å². The first kappa shape index (κ1) is 20.9. The van der Waals surface area contributed by atoms with Crippen molar-refractivity contribution in [2.75, 3.05) is 6.61 Å². The highest BCUT2D eigenvalue weighted by molar-refractivity contribution is 6.74. The Kier molecular flexibility index (Phi) is 7.64. The molecule has 4 nitrogen and oxygen atoms in total. The number of hydrogen-bond acceptors (Lipinski definition) is 4. The number of esters is 1. The van der Waals surface area contributed by atoms with Gasteiger partial charge in [-0.15, -0.1) is 0 Å². The minimum absolute atomic E-state index is 0.0159. The van der Waals surface area contributed by atoms with Crippen molar-refractivity contribution < 1.29 is 14.0 Å². The third-order valence-corrected chi connectivity index (χ3v) is 9.02. The van der Waals surface area contributed by atoms with Gasteiger partial charge in [0.1, 0.15) is 0 Å². The summed E-state index contributed by atoms with van der Waals surface area (Å²) < 4.78 is 11.4.